The summed E-state index contributed by atoms with van der Waals surface area (Å²) in [5.41, 5.74) is 2.80. The number of carbonyl (C=O) groups excluding carboxylic acids is 1. The molecule has 0 heterocycles. The molecular weight excluding hydrogens is 272 g/mol. The lowest BCUT2D eigenvalue weighted by atomic mass is 10.0. The van der Waals surface area contributed by atoms with Crippen LogP contribution >= 0.6 is 11.6 Å². The van der Waals surface area contributed by atoms with Crippen molar-refractivity contribution in [2.75, 3.05) is 0 Å². The Bertz CT molecular complexity index is 620. The first-order valence-electron chi connectivity index (χ1n) is 6.61. The van der Waals surface area contributed by atoms with E-state index in [0.29, 0.717) is 11.6 Å². The van der Waals surface area contributed by atoms with Gasteiger partial charge in [-0.15, -0.1) is 0 Å². The Morgan fingerprint density at radius 3 is 2.65 bits per heavy atom. The summed E-state index contributed by atoms with van der Waals surface area (Å²) in [7, 11) is 0. The predicted molar refractivity (Wildman–Crippen MR) is 81.6 cm³/mol. The molecule has 0 radical (unpaired) electrons. The molecule has 0 aromatic heterocycles. The third-order valence-corrected chi connectivity index (χ3v) is 3.37. The van der Waals surface area contributed by atoms with E-state index in [1.54, 1.807) is 6.92 Å². The molecule has 0 saturated carbocycles. The van der Waals surface area contributed by atoms with Crippen LogP contribution in [0.2, 0.25) is 5.02 Å². The van der Waals surface area contributed by atoms with Crippen LogP contribution in [0.1, 0.15) is 35.3 Å². The zero-order valence-corrected chi connectivity index (χ0v) is 12.4. The highest BCUT2D eigenvalue weighted by Gasteiger charge is 2.07. The van der Waals surface area contributed by atoms with Crippen molar-refractivity contribution in [2.45, 2.75) is 26.9 Å². The molecule has 0 aliphatic heterocycles. The molecule has 0 spiro atoms. The maximum absolute atomic E-state index is 11.5. The summed E-state index contributed by atoms with van der Waals surface area (Å²) in [6, 6.07) is 13.2. The minimum atomic E-state index is 0.0863. The minimum Gasteiger partial charge on any atom is -0.489 e. The molecule has 2 nitrogen and oxygen atoms in total. The predicted octanol–water partition coefficient (Wildman–Crippen LogP) is 4.68. The highest BCUT2D eigenvalue weighted by atomic mass is 35.5. The second-order valence-corrected chi connectivity index (χ2v) is 5.08. The zero-order chi connectivity index (χ0) is 14.5. The summed E-state index contributed by atoms with van der Waals surface area (Å²) in [6.07, 6.45) is 0.809. The summed E-state index contributed by atoms with van der Waals surface area (Å²) < 4.78 is 5.75. The lowest BCUT2D eigenvalue weighted by molar-refractivity contribution is 0.101. The van der Waals surface area contributed by atoms with E-state index < -0.39 is 0 Å². The van der Waals surface area contributed by atoms with Gasteiger partial charge in [-0.2, -0.15) is 0 Å². The molecule has 2 rings (SSSR count). The monoisotopic (exact) mass is 288 g/mol. The number of ether oxygens (including phenoxy) is 1. The summed E-state index contributed by atoms with van der Waals surface area (Å²) in [5, 5.41) is 0.701. The van der Waals surface area contributed by atoms with E-state index in [4.69, 9.17) is 16.3 Å². The van der Waals surface area contributed by atoms with Gasteiger partial charge in [0, 0.05) is 10.6 Å². The summed E-state index contributed by atoms with van der Waals surface area (Å²) >= 11 is 5.94. The Balaban J connectivity index is 2.12. The van der Waals surface area contributed by atoms with Gasteiger partial charge in [-0.1, -0.05) is 30.7 Å². The number of rotatable bonds is 5. The molecule has 0 unspecified atom stereocenters. The van der Waals surface area contributed by atoms with Gasteiger partial charge < -0.3 is 4.74 Å². The van der Waals surface area contributed by atoms with Crippen LogP contribution in [0.3, 0.4) is 0 Å². The van der Waals surface area contributed by atoms with Crippen molar-refractivity contribution in [2.24, 2.45) is 0 Å². The average Bonchev–Trinajstić information content (AvgIpc) is 2.44. The fraction of sp³-hybridized carbons (Fsp3) is 0.235. The molecule has 0 N–H and O–H groups in total. The number of hydrogen-bond donors (Lipinski definition) is 0. The fourth-order valence-corrected chi connectivity index (χ4v) is 2.30. The maximum atomic E-state index is 11.5. The molecular formula is C17H17ClO2. The van der Waals surface area contributed by atoms with Gasteiger partial charge in [0.25, 0.3) is 0 Å². The normalized spacial score (nSPS) is 10.3. The first-order valence-corrected chi connectivity index (χ1v) is 6.99. The topological polar surface area (TPSA) is 26.3 Å². The number of Topliss-reactive ketones (excluding diaryl/α,β-unsaturated/α-hetero) is 1. The van der Waals surface area contributed by atoms with Gasteiger partial charge in [0.15, 0.2) is 5.78 Å². The van der Waals surface area contributed by atoms with Gasteiger partial charge in [0.05, 0.1) is 0 Å². The highest BCUT2D eigenvalue weighted by Crippen LogP contribution is 2.21. The van der Waals surface area contributed by atoms with Crippen molar-refractivity contribution >= 4 is 17.4 Å². The lowest BCUT2D eigenvalue weighted by Crippen LogP contribution is -2.01. The van der Waals surface area contributed by atoms with Crippen molar-refractivity contribution in [3.05, 3.63) is 64.2 Å². The van der Waals surface area contributed by atoms with Crippen molar-refractivity contribution in [3.8, 4) is 5.75 Å². The number of ketones is 1. The van der Waals surface area contributed by atoms with Crippen LogP contribution in [0, 0.1) is 0 Å². The molecule has 0 atom stereocenters. The molecule has 0 bridgehead atoms. The van der Waals surface area contributed by atoms with E-state index in [0.717, 1.165) is 28.9 Å². The van der Waals surface area contributed by atoms with E-state index >= 15 is 0 Å². The third-order valence-electron chi connectivity index (χ3n) is 3.13. The molecule has 2 aromatic rings. The molecule has 0 fully saturated rings. The Morgan fingerprint density at radius 2 is 2.00 bits per heavy atom. The van der Waals surface area contributed by atoms with Crippen LogP contribution in [0.5, 0.6) is 5.75 Å². The number of carbonyl (C=O) groups is 1. The Labute approximate surface area is 124 Å². The number of halogens is 1. The van der Waals surface area contributed by atoms with Gasteiger partial charge in [-0.3, -0.25) is 4.79 Å². The minimum absolute atomic E-state index is 0.0863. The van der Waals surface area contributed by atoms with Crippen molar-refractivity contribution in [1.29, 1.82) is 0 Å². The fourth-order valence-electron chi connectivity index (χ4n) is 2.09. The lowest BCUT2D eigenvalue weighted by Gasteiger charge is -2.10. The first kappa shape index (κ1) is 14.6. The third kappa shape index (κ3) is 3.61. The Kier molecular flexibility index (Phi) is 4.80. The summed E-state index contributed by atoms with van der Waals surface area (Å²) in [6.45, 7) is 4.08. The van der Waals surface area contributed by atoms with Crippen LogP contribution in [-0.4, -0.2) is 5.78 Å². The number of benzene rings is 2. The molecule has 3 heteroatoms. The standard InChI is InChI=1S/C17H17ClO2/c1-3-14-10-16(7-8-17(14)12(2)19)20-11-13-5-4-6-15(18)9-13/h4-10H,3,11H2,1-2H3. The molecule has 0 aliphatic rings. The molecule has 2 aromatic carbocycles. The molecule has 20 heavy (non-hydrogen) atoms. The van der Waals surface area contributed by atoms with Gasteiger partial charge in [0.1, 0.15) is 12.4 Å². The Morgan fingerprint density at radius 1 is 1.20 bits per heavy atom. The summed E-state index contributed by atoms with van der Waals surface area (Å²) in [5.74, 6) is 0.857. The number of aryl methyl sites for hydroxylation is 1. The van der Waals surface area contributed by atoms with Crippen LogP contribution in [0.4, 0.5) is 0 Å². The molecule has 0 saturated heterocycles. The highest BCUT2D eigenvalue weighted by molar-refractivity contribution is 6.30. The van der Waals surface area contributed by atoms with Gasteiger partial charge in [-0.05, 0) is 54.8 Å². The van der Waals surface area contributed by atoms with Crippen LogP contribution in [-0.2, 0) is 13.0 Å². The second kappa shape index (κ2) is 6.58. The van der Waals surface area contributed by atoms with E-state index in [1.807, 2.05) is 49.4 Å². The van der Waals surface area contributed by atoms with Crippen molar-refractivity contribution in [1.82, 2.24) is 0 Å². The summed E-state index contributed by atoms with van der Waals surface area (Å²) in [4.78, 5) is 11.5. The van der Waals surface area contributed by atoms with E-state index in [2.05, 4.69) is 0 Å². The van der Waals surface area contributed by atoms with Crippen molar-refractivity contribution in [3.63, 3.8) is 0 Å². The quantitative estimate of drug-likeness (QED) is 0.747. The number of hydrogen-bond acceptors (Lipinski definition) is 2. The molecule has 0 aliphatic carbocycles. The largest absolute Gasteiger partial charge is 0.489 e. The van der Waals surface area contributed by atoms with Gasteiger partial charge in [-0.25, -0.2) is 0 Å². The van der Waals surface area contributed by atoms with Gasteiger partial charge >= 0.3 is 0 Å². The first-order chi connectivity index (χ1) is 9.60. The Hall–Kier alpha value is -1.80. The molecule has 104 valence electrons. The van der Waals surface area contributed by atoms with Crippen LogP contribution in [0.25, 0.3) is 0 Å². The maximum Gasteiger partial charge on any atom is 0.160 e. The van der Waals surface area contributed by atoms with Crippen molar-refractivity contribution < 1.29 is 9.53 Å². The van der Waals surface area contributed by atoms with E-state index in [-0.39, 0.29) is 5.78 Å². The van der Waals surface area contributed by atoms with E-state index in [1.165, 1.54) is 0 Å². The van der Waals surface area contributed by atoms with Gasteiger partial charge in [0.2, 0.25) is 0 Å². The zero-order valence-electron chi connectivity index (χ0n) is 11.7. The SMILES string of the molecule is CCc1cc(OCc2cccc(Cl)c2)ccc1C(C)=O. The smallest absolute Gasteiger partial charge is 0.160 e. The average molecular weight is 289 g/mol. The van der Waals surface area contributed by atoms with Crippen LogP contribution in [0.15, 0.2) is 42.5 Å². The molecule has 0 amide bonds. The van der Waals surface area contributed by atoms with E-state index in [9.17, 15) is 4.79 Å². The van der Waals surface area contributed by atoms with Crippen LogP contribution < -0.4 is 4.74 Å². The second-order valence-electron chi connectivity index (χ2n) is 4.65.